The maximum absolute atomic E-state index is 13.6. The third-order valence-corrected chi connectivity index (χ3v) is 8.77. The first-order valence-corrected chi connectivity index (χ1v) is 15.0. The Morgan fingerprint density at radius 3 is 2.51 bits per heavy atom. The van der Waals surface area contributed by atoms with Crippen LogP contribution in [0.25, 0.3) is 22.2 Å². The first kappa shape index (κ1) is 29.4. The van der Waals surface area contributed by atoms with Crippen LogP contribution in [0.5, 0.6) is 0 Å². The highest BCUT2D eigenvalue weighted by Crippen LogP contribution is 2.32. The van der Waals surface area contributed by atoms with Gasteiger partial charge >= 0.3 is 0 Å². The fourth-order valence-electron chi connectivity index (χ4n) is 4.96. The van der Waals surface area contributed by atoms with Gasteiger partial charge in [0.2, 0.25) is 12.4 Å². The van der Waals surface area contributed by atoms with E-state index in [4.69, 9.17) is 0 Å². The van der Waals surface area contributed by atoms with Crippen molar-refractivity contribution in [1.82, 2.24) is 18.8 Å². The van der Waals surface area contributed by atoms with Crippen LogP contribution < -0.4 is 15.6 Å². The number of fused-ring (bicyclic) bond motifs is 1. The smallest absolute Gasteiger partial charge is 0.269 e. The van der Waals surface area contributed by atoms with Crippen molar-refractivity contribution in [2.45, 2.75) is 18.0 Å². The number of halogens is 2. The van der Waals surface area contributed by atoms with Gasteiger partial charge in [0, 0.05) is 46.4 Å². The van der Waals surface area contributed by atoms with Gasteiger partial charge in [0.15, 0.2) is 17.3 Å². The fourth-order valence-corrected chi connectivity index (χ4v) is 6.31. The number of rotatable bonds is 8. The summed E-state index contributed by atoms with van der Waals surface area (Å²) < 4.78 is 57.0. The van der Waals surface area contributed by atoms with Crippen molar-refractivity contribution in [3.8, 4) is 11.1 Å². The van der Waals surface area contributed by atoms with Crippen LogP contribution in [0.1, 0.15) is 21.5 Å². The Kier molecular flexibility index (Phi) is 7.69. The Labute approximate surface area is 255 Å². The molecular formula is C32H24F2N5O5S+. The van der Waals surface area contributed by atoms with E-state index in [0.29, 0.717) is 27.6 Å². The van der Waals surface area contributed by atoms with Crippen molar-refractivity contribution < 1.29 is 31.9 Å². The molecule has 0 saturated heterocycles. The monoisotopic (exact) mass is 628 g/mol. The lowest BCUT2D eigenvalue weighted by Gasteiger charge is -2.09. The molecule has 0 aliphatic rings. The average molecular weight is 629 g/mol. The van der Waals surface area contributed by atoms with Crippen molar-refractivity contribution in [2.75, 3.05) is 0 Å². The minimum atomic E-state index is -4.00. The Hall–Kier alpha value is -5.69. The van der Waals surface area contributed by atoms with Crippen molar-refractivity contribution in [3.05, 3.63) is 149 Å². The molecule has 45 heavy (non-hydrogen) atoms. The second kappa shape index (κ2) is 11.8. The lowest BCUT2D eigenvalue weighted by Crippen LogP contribution is -2.34. The zero-order chi connectivity index (χ0) is 31.7. The minimum Gasteiger partial charge on any atom is -0.348 e. The van der Waals surface area contributed by atoms with Gasteiger partial charge in [0.1, 0.15) is 5.56 Å². The molecule has 13 heteroatoms. The fraction of sp³-hybridized carbons (Fsp3) is 0.0625. The minimum absolute atomic E-state index is 0.0772. The molecule has 1 amide bonds. The summed E-state index contributed by atoms with van der Waals surface area (Å²) in [6.45, 7) is -0.171. The topological polar surface area (TPSA) is 127 Å². The number of benzene rings is 2. The van der Waals surface area contributed by atoms with Gasteiger partial charge in [-0.3, -0.25) is 14.8 Å². The SMILES string of the molecule is O=C(NCc1cc(-c2cn(S(=O)(=O)c3ccccc3)c3ncccc23)c[n+](O)c1)c1cccn(Cc2ccc(F)c(F)c2)c1=O. The molecule has 10 nitrogen and oxygen atoms in total. The molecule has 4 heterocycles. The molecule has 0 spiro atoms. The number of amides is 1. The van der Waals surface area contributed by atoms with Crippen molar-refractivity contribution in [3.63, 3.8) is 0 Å². The summed E-state index contributed by atoms with van der Waals surface area (Å²) in [4.78, 5) is 30.4. The van der Waals surface area contributed by atoms with Crippen LogP contribution in [0.2, 0.25) is 0 Å². The third kappa shape index (κ3) is 5.80. The van der Waals surface area contributed by atoms with E-state index < -0.39 is 33.1 Å². The molecular weight excluding hydrogens is 604 g/mol. The molecule has 0 radical (unpaired) electrons. The lowest BCUT2D eigenvalue weighted by atomic mass is 10.1. The lowest BCUT2D eigenvalue weighted by molar-refractivity contribution is -0.904. The molecule has 226 valence electrons. The summed E-state index contributed by atoms with van der Waals surface area (Å²) in [7, 11) is -4.00. The summed E-state index contributed by atoms with van der Waals surface area (Å²) in [5, 5.41) is 13.6. The van der Waals surface area contributed by atoms with Crippen LogP contribution >= 0.6 is 0 Å². The van der Waals surface area contributed by atoms with E-state index in [1.807, 2.05) is 0 Å². The quantitative estimate of drug-likeness (QED) is 0.195. The highest BCUT2D eigenvalue weighted by Gasteiger charge is 2.24. The molecule has 0 bridgehead atoms. The van der Waals surface area contributed by atoms with Crippen LogP contribution in [-0.4, -0.2) is 33.1 Å². The number of pyridine rings is 3. The van der Waals surface area contributed by atoms with Crippen molar-refractivity contribution in [1.29, 1.82) is 0 Å². The van der Waals surface area contributed by atoms with Crippen LogP contribution in [0, 0.1) is 11.6 Å². The van der Waals surface area contributed by atoms with E-state index in [2.05, 4.69) is 10.3 Å². The normalized spacial score (nSPS) is 11.5. The summed E-state index contributed by atoms with van der Waals surface area (Å²) >= 11 is 0. The summed E-state index contributed by atoms with van der Waals surface area (Å²) in [6, 6.07) is 19.1. The molecule has 6 rings (SSSR count). The van der Waals surface area contributed by atoms with Gasteiger partial charge in [0.05, 0.1) is 17.0 Å². The van der Waals surface area contributed by atoms with E-state index in [1.54, 1.807) is 36.4 Å². The van der Waals surface area contributed by atoms with Gasteiger partial charge in [-0.2, -0.15) is 0 Å². The number of aromatic nitrogens is 4. The summed E-state index contributed by atoms with van der Waals surface area (Å²) in [6.07, 6.45) is 7.09. The first-order chi connectivity index (χ1) is 21.6. The van der Waals surface area contributed by atoms with Crippen LogP contribution in [-0.2, 0) is 23.1 Å². The Morgan fingerprint density at radius 1 is 0.933 bits per heavy atom. The Balaban J connectivity index is 1.27. The number of nitrogens with zero attached hydrogens (tertiary/aromatic N) is 4. The summed E-state index contributed by atoms with van der Waals surface area (Å²) in [5.41, 5.74) is 1.08. The molecule has 0 aliphatic heterocycles. The van der Waals surface area contributed by atoms with Crippen LogP contribution in [0.4, 0.5) is 8.78 Å². The number of carbonyl (C=O) groups is 1. The number of hydrogen-bond acceptors (Lipinski definition) is 6. The van der Waals surface area contributed by atoms with E-state index in [1.165, 1.54) is 65.9 Å². The predicted octanol–water partition coefficient (Wildman–Crippen LogP) is 3.88. The molecule has 0 unspecified atom stereocenters. The average Bonchev–Trinajstić information content (AvgIpc) is 3.44. The second-order valence-corrected chi connectivity index (χ2v) is 11.9. The number of carbonyl (C=O) groups excluding carboxylic acids is 1. The van der Waals surface area contributed by atoms with Crippen molar-refractivity contribution in [2.24, 2.45) is 0 Å². The maximum Gasteiger partial charge on any atom is 0.269 e. The Morgan fingerprint density at radius 2 is 1.73 bits per heavy atom. The maximum atomic E-state index is 13.6. The van der Waals surface area contributed by atoms with Gasteiger partial charge in [-0.05, 0) is 60.2 Å². The number of nitrogens with one attached hydrogen (secondary N) is 1. The largest absolute Gasteiger partial charge is 0.348 e. The standard InChI is InChI=1S/C32H23F2N5O5S/c33-28-11-10-21(15-29(28)34)17-37-13-5-9-26(32(37)41)31(40)36-16-22-14-23(19-38(42)18-22)27-20-39(30-25(27)8-4-12-35-30)45(43,44)24-6-2-1-3-7-24/h1-15,18-20H,16-17H2,(H-,36,40,42)/p+1. The molecule has 2 aromatic carbocycles. The molecule has 6 aromatic rings. The van der Waals surface area contributed by atoms with Crippen LogP contribution in [0.3, 0.4) is 0 Å². The number of hydrogen-bond donors (Lipinski definition) is 2. The third-order valence-electron chi connectivity index (χ3n) is 7.11. The van der Waals surface area contributed by atoms with Gasteiger partial charge in [0.25, 0.3) is 21.5 Å². The molecule has 0 saturated carbocycles. The Bertz CT molecular complexity index is 2250. The highest BCUT2D eigenvalue weighted by molar-refractivity contribution is 7.90. The molecule has 4 aromatic heterocycles. The van der Waals surface area contributed by atoms with Gasteiger partial charge in [-0.25, -0.2) is 26.2 Å². The zero-order valence-electron chi connectivity index (χ0n) is 23.3. The molecule has 0 fully saturated rings. The van der Waals surface area contributed by atoms with E-state index in [-0.39, 0.29) is 29.2 Å². The first-order valence-electron chi connectivity index (χ1n) is 13.5. The van der Waals surface area contributed by atoms with Gasteiger partial charge in [-0.1, -0.05) is 24.3 Å². The van der Waals surface area contributed by atoms with Gasteiger partial charge in [-0.15, -0.1) is 0 Å². The summed E-state index contributed by atoms with van der Waals surface area (Å²) in [5.74, 6) is -2.74. The van der Waals surface area contributed by atoms with E-state index in [9.17, 15) is 32.0 Å². The van der Waals surface area contributed by atoms with Crippen molar-refractivity contribution >= 4 is 27.0 Å². The van der Waals surface area contributed by atoms with Crippen LogP contribution in [0.15, 0.2) is 120 Å². The van der Waals surface area contributed by atoms with E-state index in [0.717, 1.165) is 20.8 Å². The van der Waals surface area contributed by atoms with E-state index >= 15 is 0 Å². The molecule has 0 atom stereocenters. The second-order valence-electron chi connectivity index (χ2n) is 10.1. The van der Waals surface area contributed by atoms with Gasteiger partial charge < -0.3 is 9.88 Å². The molecule has 0 aliphatic carbocycles. The molecule has 2 N–H and O–H groups in total. The zero-order valence-corrected chi connectivity index (χ0v) is 24.2. The predicted molar refractivity (Wildman–Crippen MR) is 159 cm³/mol. The highest BCUT2D eigenvalue weighted by atomic mass is 32.2.